The number of rotatable bonds is 8. The van der Waals surface area contributed by atoms with Crippen molar-refractivity contribution >= 4 is 29.1 Å². The number of benzene rings is 1. The van der Waals surface area contributed by atoms with Crippen molar-refractivity contribution in [1.29, 1.82) is 5.26 Å². The van der Waals surface area contributed by atoms with Gasteiger partial charge in [0.25, 0.3) is 0 Å². The molecule has 0 aliphatic rings. The zero-order valence-electron chi connectivity index (χ0n) is 17.1. The van der Waals surface area contributed by atoms with E-state index in [2.05, 4.69) is 21.7 Å². The van der Waals surface area contributed by atoms with Crippen LogP contribution in [0.25, 0.3) is 22.3 Å². The second kappa shape index (κ2) is 10.2. The van der Waals surface area contributed by atoms with Crippen molar-refractivity contribution in [2.45, 2.75) is 0 Å². The summed E-state index contributed by atoms with van der Waals surface area (Å²) in [6.45, 7) is 0.851. The number of hydrogen-bond donors (Lipinski definition) is 2. The maximum atomic E-state index is 12.3. The Morgan fingerprint density at radius 2 is 2.00 bits per heavy atom. The van der Waals surface area contributed by atoms with Gasteiger partial charge in [-0.3, -0.25) is 4.79 Å². The largest absolute Gasteiger partial charge is 0.367 e. The molecule has 1 amide bonds. The van der Waals surface area contributed by atoms with Crippen LogP contribution in [0.3, 0.4) is 0 Å². The molecule has 4 rings (SSSR count). The number of carbonyl (C=O) groups excluding carboxylic acids is 1. The molecule has 8 heteroatoms. The van der Waals surface area contributed by atoms with Gasteiger partial charge in [0.1, 0.15) is 17.6 Å². The highest BCUT2D eigenvalue weighted by Crippen LogP contribution is 2.28. The first-order chi connectivity index (χ1) is 15.7. The van der Waals surface area contributed by atoms with E-state index in [0.717, 1.165) is 21.8 Å². The van der Waals surface area contributed by atoms with Crippen molar-refractivity contribution < 1.29 is 4.79 Å². The average Bonchev–Trinajstić information content (AvgIpc) is 3.51. The number of aromatic nitrogens is 3. The van der Waals surface area contributed by atoms with Gasteiger partial charge in [-0.05, 0) is 41.8 Å². The minimum atomic E-state index is -0.210. The molecule has 3 aromatic heterocycles. The molecule has 0 atom stereocenters. The van der Waals surface area contributed by atoms with Crippen LogP contribution in [0.5, 0.6) is 0 Å². The minimum Gasteiger partial charge on any atom is -0.367 e. The van der Waals surface area contributed by atoms with Gasteiger partial charge in [0.15, 0.2) is 0 Å². The van der Waals surface area contributed by atoms with Gasteiger partial charge in [-0.25, -0.2) is 9.67 Å². The summed E-state index contributed by atoms with van der Waals surface area (Å²) in [5.41, 5.74) is 3.10. The summed E-state index contributed by atoms with van der Waals surface area (Å²) in [4.78, 5) is 17.5. The van der Waals surface area contributed by atoms with Crippen molar-refractivity contribution in [2.75, 3.05) is 18.4 Å². The van der Waals surface area contributed by atoms with Crippen LogP contribution in [0.15, 0.2) is 78.4 Å². The predicted octanol–water partition coefficient (Wildman–Crippen LogP) is 4.11. The van der Waals surface area contributed by atoms with E-state index in [9.17, 15) is 4.79 Å². The first kappa shape index (κ1) is 21.0. The van der Waals surface area contributed by atoms with Gasteiger partial charge in [-0.1, -0.05) is 24.3 Å². The van der Waals surface area contributed by atoms with E-state index < -0.39 is 0 Å². The van der Waals surface area contributed by atoms with Gasteiger partial charge in [0.2, 0.25) is 5.91 Å². The fourth-order valence-corrected chi connectivity index (χ4v) is 3.79. The van der Waals surface area contributed by atoms with Crippen molar-refractivity contribution in [3.63, 3.8) is 0 Å². The van der Waals surface area contributed by atoms with Crippen LogP contribution in [0.4, 0.5) is 5.82 Å². The zero-order chi connectivity index (χ0) is 22.2. The fourth-order valence-electron chi connectivity index (χ4n) is 3.05. The number of thiophene rings is 1. The number of anilines is 1. The Labute approximate surface area is 189 Å². The van der Waals surface area contributed by atoms with Crippen molar-refractivity contribution in [1.82, 2.24) is 20.1 Å². The molecule has 0 unspecified atom stereocenters. The Balaban J connectivity index is 1.40. The number of pyridine rings is 1. The molecular formula is C24H20N6OS. The second-order valence-corrected chi connectivity index (χ2v) is 7.70. The quantitative estimate of drug-likeness (QED) is 0.318. The molecule has 4 aromatic rings. The SMILES string of the molecule is N#Cc1cccnc1NCCNC(=O)/C=C/c1cn(-c2ccccc2)nc1-c1cccs1. The van der Waals surface area contributed by atoms with Crippen LogP contribution >= 0.6 is 11.3 Å². The van der Waals surface area contributed by atoms with E-state index in [0.29, 0.717) is 24.5 Å². The number of amides is 1. The normalized spacial score (nSPS) is 10.7. The number of nitrogens with one attached hydrogen (secondary N) is 2. The third-order valence-corrected chi connectivity index (χ3v) is 5.45. The standard InChI is InChI=1S/C24H20N6OS/c25-16-18-6-4-12-27-24(18)28-14-13-26-22(31)11-10-19-17-30(20-7-2-1-3-8-20)29-23(19)21-9-5-15-32-21/h1-12,15,17H,13-14H2,(H,26,31)(H,27,28)/b11-10+. The van der Waals surface area contributed by atoms with Crippen LogP contribution in [-0.4, -0.2) is 33.8 Å². The third-order valence-electron chi connectivity index (χ3n) is 4.58. The molecule has 0 fully saturated rings. The maximum Gasteiger partial charge on any atom is 0.244 e. The molecule has 3 heterocycles. The Kier molecular flexibility index (Phi) is 6.70. The van der Waals surface area contributed by atoms with E-state index in [4.69, 9.17) is 10.4 Å². The lowest BCUT2D eigenvalue weighted by Gasteiger charge is -2.07. The monoisotopic (exact) mass is 440 g/mol. The Bertz CT molecular complexity index is 1260. The van der Waals surface area contributed by atoms with E-state index in [-0.39, 0.29) is 5.91 Å². The zero-order valence-corrected chi connectivity index (χ0v) is 17.9. The molecule has 158 valence electrons. The van der Waals surface area contributed by atoms with Crippen LogP contribution in [0, 0.1) is 11.3 Å². The molecule has 0 bridgehead atoms. The van der Waals surface area contributed by atoms with Gasteiger partial charge in [-0.2, -0.15) is 10.4 Å². The van der Waals surface area contributed by atoms with Crippen molar-refractivity contribution in [3.8, 4) is 22.3 Å². The third kappa shape index (κ3) is 5.09. The molecule has 7 nitrogen and oxygen atoms in total. The molecule has 2 N–H and O–H groups in total. The lowest BCUT2D eigenvalue weighted by Crippen LogP contribution is -2.27. The molecule has 0 saturated heterocycles. The van der Waals surface area contributed by atoms with E-state index in [1.165, 1.54) is 6.08 Å². The highest BCUT2D eigenvalue weighted by atomic mass is 32.1. The molecule has 0 aliphatic carbocycles. The molecular weight excluding hydrogens is 420 g/mol. The summed E-state index contributed by atoms with van der Waals surface area (Å²) < 4.78 is 1.82. The van der Waals surface area contributed by atoms with Gasteiger partial charge >= 0.3 is 0 Å². The first-order valence-electron chi connectivity index (χ1n) is 9.98. The van der Waals surface area contributed by atoms with Crippen molar-refractivity contribution in [2.24, 2.45) is 0 Å². The maximum absolute atomic E-state index is 12.3. The van der Waals surface area contributed by atoms with Crippen LogP contribution < -0.4 is 10.6 Å². The van der Waals surface area contributed by atoms with Gasteiger partial charge in [0.05, 0.1) is 16.1 Å². The molecule has 1 aromatic carbocycles. The summed E-state index contributed by atoms with van der Waals surface area (Å²) in [7, 11) is 0. The van der Waals surface area contributed by atoms with E-state index in [1.54, 1.807) is 35.7 Å². The Morgan fingerprint density at radius 3 is 2.78 bits per heavy atom. The average molecular weight is 441 g/mol. The summed E-state index contributed by atoms with van der Waals surface area (Å²) in [6.07, 6.45) is 6.81. The summed E-state index contributed by atoms with van der Waals surface area (Å²) >= 11 is 1.60. The number of nitriles is 1. The molecule has 0 saturated carbocycles. The lowest BCUT2D eigenvalue weighted by atomic mass is 10.2. The molecule has 32 heavy (non-hydrogen) atoms. The molecule has 0 spiro atoms. The fraction of sp³-hybridized carbons (Fsp3) is 0.0833. The number of para-hydroxylation sites is 1. The van der Waals surface area contributed by atoms with Crippen LogP contribution in [0.2, 0.25) is 0 Å². The topological polar surface area (TPSA) is 95.6 Å². The van der Waals surface area contributed by atoms with Gasteiger partial charge < -0.3 is 10.6 Å². The summed E-state index contributed by atoms with van der Waals surface area (Å²) in [6, 6.07) is 19.3. The summed E-state index contributed by atoms with van der Waals surface area (Å²) in [5.74, 6) is 0.298. The molecule has 0 radical (unpaired) electrons. The number of hydrogen-bond acceptors (Lipinski definition) is 6. The lowest BCUT2D eigenvalue weighted by molar-refractivity contribution is -0.116. The highest BCUT2D eigenvalue weighted by Gasteiger charge is 2.11. The van der Waals surface area contributed by atoms with E-state index >= 15 is 0 Å². The number of carbonyl (C=O) groups is 1. The van der Waals surface area contributed by atoms with Crippen LogP contribution in [-0.2, 0) is 4.79 Å². The predicted molar refractivity (Wildman–Crippen MR) is 126 cm³/mol. The van der Waals surface area contributed by atoms with Gasteiger partial charge in [0, 0.05) is 37.1 Å². The molecule has 0 aliphatic heterocycles. The first-order valence-corrected chi connectivity index (χ1v) is 10.9. The minimum absolute atomic E-state index is 0.210. The second-order valence-electron chi connectivity index (χ2n) is 6.75. The smallest absolute Gasteiger partial charge is 0.244 e. The van der Waals surface area contributed by atoms with Crippen molar-refractivity contribution in [3.05, 3.63) is 89.6 Å². The Hall–Kier alpha value is -4.22. The van der Waals surface area contributed by atoms with E-state index in [1.807, 2.05) is 58.7 Å². The Morgan fingerprint density at radius 1 is 1.12 bits per heavy atom. The number of nitrogens with zero attached hydrogens (tertiary/aromatic N) is 4. The highest BCUT2D eigenvalue weighted by molar-refractivity contribution is 7.13. The van der Waals surface area contributed by atoms with Crippen LogP contribution in [0.1, 0.15) is 11.1 Å². The summed E-state index contributed by atoms with van der Waals surface area (Å²) in [5, 5.41) is 21.7. The van der Waals surface area contributed by atoms with Gasteiger partial charge in [-0.15, -0.1) is 11.3 Å².